The lowest BCUT2D eigenvalue weighted by Crippen LogP contribution is -2.36. The zero-order chi connectivity index (χ0) is 23.6. The van der Waals surface area contributed by atoms with E-state index >= 15 is 0 Å². The molecule has 174 valence electrons. The van der Waals surface area contributed by atoms with Crippen molar-refractivity contribution in [2.75, 3.05) is 31.1 Å². The molecule has 0 radical (unpaired) electrons. The molecule has 35 heavy (non-hydrogen) atoms. The Morgan fingerprint density at radius 3 is 2.34 bits per heavy atom. The number of rotatable bonds is 4. The van der Waals surface area contributed by atoms with Gasteiger partial charge >= 0.3 is 0 Å². The summed E-state index contributed by atoms with van der Waals surface area (Å²) in [6.07, 6.45) is 1.31. The Bertz CT molecular complexity index is 1480. The molecule has 1 saturated heterocycles. The maximum atomic E-state index is 13.0. The minimum absolute atomic E-state index is 0.170. The van der Waals surface area contributed by atoms with Crippen LogP contribution >= 0.6 is 0 Å². The molecule has 1 aliphatic heterocycles. The molecule has 0 bridgehead atoms. The number of hydrogen-bond acceptors (Lipinski definition) is 5. The molecule has 0 aliphatic carbocycles. The Labute approximate surface area is 203 Å². The van der Waals surface area contributed by atoms with Crippen molar-refractivity contribution in [1.29, 1.82) is 0 Å². The maximum absolute atomic E-state index is 13.0. The first-order valence-corrected chi connectivity index (χ1v) is 12.0. The molecule has 2 aromatic heterocycles. The fourth-order valence-electron chi connectivity index (χ4n) is 4.80. The van der Waals surface area contributed by atoms with Crippen LogP contribution in [0, 0.1) is 0 Å². The van der Waals surface area contributed by atoms with Crippen molar-refractivity contribution < 1.29 is 4.79 Å². The lowest BCUT2D eigenvalue weighted by atomic mass is 10.1. The van der Waals surface area contributed by atoms with E-state index in [-0.39, 0.29) is 5.91 Å². The third-order valence-electron chi connectivity index (χ3n) is 6.59. The molecule has 7 nitrogen and oxygen atoms in total. The second-order valence-electron chi connectivity index (χ2n) is 8.86. The van der Waals surface area contributed by atoms with Gasteiger partial charge in [0.15, 0.2) is 11.5 Å². The first-order valence-electron chi connectivity index (χ1n) is 12.0. The molecule has 1 fully saturated rings. The lowest BCUT2D eigenvalue weighted by molar-refractivity contribution is -0.130. The van der Waals surface area contributed by atoms with Crippen LogP contribution in [0.3, 0.4) is 0 Å². The summed E-state index contributed by atoms with van der Waals surface area (Å²) in [5.41, 5.74) is 3.73. The summed E-state index contributed by atoms with van der Waals surface area (Å²) < 4.78 is 2.07. The Kier molecular flexibility index (Phi) is 5.58. The number of nitrogens with zero attached hydrogens (tertiary/aromatic N) is 6. The second kappa shape index (κ2) is 9.18. The Morgan fingerprint density at radius 2 is 1.51 bits per heavy atom. The smallest absolute Gasteiger partial charge is 0.227 e. The van der Waals surface area contributed by atoms with Crippen molar-refractivity contribution >= 4 is 28.4 Å². The Hall–Kier alpha value is -4.26. The van der Waals surface area contributed by atoms with Gasteiger partial charge in [-0.25, -0.2) is 9.38 Å². The summed E-state index contributed by atoms with van der Waals surface area (Å²) in [7, 11) is 0. The molecule has 1 amide bonds. The van der Waals surface area contributed by atoms with Crippen LogP contribution in [0.25, 0.3) is 27.9 Å². The van der Waals surface area contributed by atoms with Crippen LogP contribution < -0.4 is 4.90 Å². The molecule has 5 aromatic rings. The summed E-state index contributed by atoms with van der Waals surface area (Å²) in [6.45, 7) is 2.91. The molecule has 1 aliphatic rings. The number of amides is 1. The number of carbonyl (C=O) groups excluding carboxylic acids is 1. The zero-order valence-electron chi connectivity index (χ0n) is 19.4. The van der Waals surface area contributed by atoms with Gasteiger partial charge in [0, 0.05) is 37.1 Å². The lowest BCUT2D eigenvalue weighted by Gasteiger charge is -2.24. The van der Waals surface area contributed by atoms with Crippen molar-refractivity contribution in [3.63, 3.8) is 0 Å². The predicted octanol–water partition coefficient (Wildman–Crippen LogP) is 4.23. The minimum atomic E-state index is 0.170. The van der Waals surface area contributed by atoms with E-state index in [1.54, 1.807) is 0 Å². The highest BCUT2D eigenvalue weighted by molar-refractivity contribution is 5.93. The molecule has 0 spiro atoms. The van der Waals surface area contributed by atoms with Gasteiger partial charge in [0.25, 0.3) is 0 Å². The standard InChI is InChI=1S/C28H26N6O/c35-25(20-21-10-3-1-4-11-21)32-16-9-17-33(19-18-32)28-29-24-15-8-7-14-23(24)27-31-30-26(34(27)28)22-12-5-2-6-13-22/h1-8,10-15H,9,16-20H2. The fraction of sp³-hybridized carbons (Fsp3) is 0.214. The molecule has 0 atom stereocenters. The minimum Gasteiger partial charge on any atom is -0.341 e. The van der Waals surface area contributed by atoms with E-state index in [0.717, 1.165) is 59.0 Å². The summed E-state index contributed by atoms with van der Waals surface area (Å²) in [5.74, 6) is 1.76. The summed E-state index contributed by atoms with van der Waals surface area (Å²) in [4.78, 5) is 22.3. The van der Waals surface area contributed by atoms with Crippen LogP contribution in [0.1, 0.15) is 12.0 Å². The molecule has 0 saturated carbocycles. The first kappa shape index (κ1) is 21.3. The number of carbonyl (C=O) groups is 1. The SMILES string of the molecule is O=C(Cc1ccccc1)N1CCCN(c2nc3ccccc3c3nnc(-c4ccccc4)n23)CC1. The van der Waals surface area contributed by atoms with Crippen molar-refractivity contribution in [2.45, 2.75) is 12.8 Å². The van der Waals surface area contributed by atoms with Gasteiger partial charge in [0.2, 0.25) is 11.9 Å². The molecule has 7 heteroatoms. The number of aromatic nitrogens is 4. The van der Waals surface area contributed by atoms with Gasteiger partial charge in [-0.3, -0.25) is 4.79 Å². The van der Waals surface area contributed by atoms with Crippen molar-refractivity contribution in [2.24, 2.45) is 0 Å². The summed E-state index contributed by atoms with van der Waals surface area (Å²) in [6, 6.07) is 28.1. The van der Waals surface area contributed by atoms with Crippen LogP contribution in [0.15, 0.2) is 84.9 Å². The Balaban J connectivity index is 1.35. The molecule has 3 aromatic carbocycles. The van der Waals surface area contributed by atoms with Gasteiger partial charge in [-0.05, 0) is 24.1 Å². The molecule has 6 rings (SSSR count). The van der Waals surface area contributed by atoms with Gasteiger partial charge in [0.05, 0.1) is 11.9 Å². The number of benzene rings is 3. The molecule has 0 N–H and O–H groups in total. The number of anilines is 1. The van der Waals surface area contributed by atoms with Crippen LogP contribution in [0.5, 0.6) is 0 Å². The summed E-state index contributed by atoms with van der Waals surface area (Å²) >= 11 is 0. The fourth-order valence-corrected chi connectivity index (χ4v) is 4.80. The van der Waals surface area contributed by atoms with Gasteiger partial charge in [-0.1, -0.05) is 72.8 Å². The van der Waals surface area contributed by atoms with Crippen LogP contribution in [-0.2, 0) is 11.2 Å². The van der Waals surface area contributed by atoms with Crippen LogP contribution in [-0.4, -0.2) is 56.6 Å². The number of para-hydroxylation sites is 1. The van der Waals surface area contributed by atoms with Crippen molar-refractivity contribution in [1.82, 2.24) is 24.5 Å². The number of fused-ring (bicyclic) bond motifs is 3. The highest BCUT2D eigenvalue weighted by Gasteiger charge is 2.24. The summed E-state index contributed by atoms with van der Waals surface area (Å²) in [5, 5.41) is 10.1. The monoisotopic (exact) mass is 462 g/mol. The quantitative estimate of drug-likeness (QED) is 0.400. The van der Waals surface area contributed by atoms with Crippen LogP contribution in [0.2, 0.25) is 0 Å². The predicted molar refractivity (Wildman–Crippen MR) is 137 cm³/mol. The van der Waals surface area contributed by atoms with Gasteiger partial charge in [0.1, 0.15) is 0 Å². The van der Waals surface area contributed by atoms with E-state index in [1.807, 2.05) is 89.8 Å². The third kappa shape index (κ3) is 4.10. The highest BCUT2D eigenvalue weighted by atomic mass is 16.2. The highest BCUT2D eigenvalue weighted by Crippen LogP contribution is 2.29. The van der Waals surface area contributed by atoms with E-state index in [1.165, 1.54) is 0 Å². The molecule has 0 unspecified atom stereocenters. The van der Waals surface area contributed by atoms with E-state index in [2.05, 4.69) is 19.5 Å². The van der Waals surface area contributed by atoms with Crippen molar-refractivity contribution in [3.8, 4) is 11.4 Å². The largest absolute Gasteiger partial charge is 0.341 e. The van der Waals surface area contributed by atoms with Crippen molar-refractivity contribution in [3.05, 3.63) is 90.5 Å². The van der Waals surface area contributed by atoms with E-state index in [0.29, 0.717) is 19.5 Å². The van der Waals surface area contributed by atoms with E-state index < -0.39 is 0 Å². The second-order valence-corrected chi connectivity index (χ2v) is 8.86. The third-order valence-corrected chi connectivity index (χ3v) is 6.59. The van der Waals surface area contributed by atoms with Gasteiger partial charge < -0.3 is 9.80 Å². The molecule has 3 heterocycles. The normalized spacial score (nSPS) is 14.4. The molecular formula is C28H26N6O. The van der Waals surface area contributed by atoms with Crippen LogP contribution in [0.4, 0.5) is 5.95 Å². The molecular weight excluding hydrogens is 436 g/mol. The maximum Gasteiger partial charge on any atom is 0.227 e. The topological polar surface area (TPSA) is 66.6 Å². The van der Waals surface area contributed by atoms with E-state index in [9.17, 15) is 4.79 Å². The first-order chi connectivity index (χ1) is 17.3. The average molecular weight is 463 g/mol. The van der Waals surface area contributed by atoms with Gasteiger partial charge in [-0.2, -0.15) is 0 Å². The Morgan fingerprint density at radius 1 is 0.771 bits per heavy atom. The zero-order valence-corrected chi connectivity index (χ0v) is 19.4. The average Bonchev–Trinajstić information content (AvgIpc) is 3.20. The van der Waals surface area contributed by atoms with E-state index in [4.69, 9.17) is 4.98 Å². The number of hydrogen-bond donors (Lipinski definition) is 0. The van der Waals surface area contributed by atoms with Gasteiger partial charge in [-0.15, -0.1) is 10.2 Å².